The third kappa shape index (κ3) is 4.94. The Labute approximate surface area is 164 Å². The Balaban J connectivity index is 2.23. The zero-order chi connectivity index (χ0) is 19.6. The lowest BCUT2D eigenvalue weighted by Crippen LogP contribution is -2.15. The van der Waals surface area contributed by atoms with Crippen molar-refractivity contribution < 1.29 is 17.7 Å². The zero-order valence-corrected chi connectivity index (χ0v) is 18.1. The molecule has 1 atom stereocenters. The highest BCUT2D eigenvalue weighted by atomic mass is 79.9. The van der Waals surface area contributed by atoms with Gasteiger partial charge in [0.2, 0.25) is 0 Å². The average molecular weight is 441 g/mol. The maximum Gasteiger partial charge on any atom is 0.297 e. The van der Waals surface area contributed by atoms with Crippen molar-refractivity contribution in [3.05, 3.63) is 62.6 Å². The molecule has 0 radical (unpaired) electrons. The normalized spacial score (nSPS) is 13.2. The van der Waals surface area contributed by atoms with Gasteiger partial charge in [-0.15, -0.1) is 0 Å². The molecule has 142 valence electrons. The summed E-state index contributed by atoms with van der Waals surface area (Å²) in [5, 5.41) is 10.4. The number of aryl methyl sites for hydroxylation is 3. The highest BCUT2D eigenvalue weighted by Gasteiger charge is 2.23. The molecule has 2 rings (SSSR count). The van der Waals surface area contributed by atoms with Crippen molar-refractivity contribution in [2.45, 2.75) is 51.5 Å². The number of halogens is 1. The van der Waals surface area contributed by atoms with E-state index in [0.717, 1.165) is 15.6 Å². The van der Waals surface area contributed by atoms with Gasteiger partial charge in [0.05, 0.1) is 11.5 Å². The maximum absolute atomic E-state index is 12.6. The van der Waals surface area contributed by atoms with Gasteiger partial charge in [-0.1, -0.05) is 53.5 Å². The van der Waals surface area contributed by atoms with Gasteiger partial charge in [-0.3, -0.25) is 4.18 Å². The van der Waals surface area contributed by atoms with Crippen LogP contribution in [0.25, 0.3) is 0 Å². The summed E-state index contributed by atoms with van der Waals surface area (Å²) in [4.78, 5) is 0.174. The van der Waals surface area contributed by atoms with E-state index in [1.807, 2.05) is 31.2 Å². The smallest absolute Gasteiger partial charge is 0.297 e. The quantitative estimate of drug-likeness (QED) is 0.646. The number of aliphatic hydroxyl groups is 1. The molecule has 0 spiro atoms. The van der Waals surface area contributed by atoms with Gasteiger partial charge in [-0.2, -0.15) is 8.42 Å². The van der Waals surface area contributed by atoms with Gasteiger partial charge in [-0.05, 0) is 61.1 Å². The summed E-state index contributed by atoms with van der Waals surface area (Å²) >= 11 is 3.43. The molecule has 6 heteroatoms. The second kappa shape index (κ2) is 8.21. The summed E-state index contributed by atoms with van der Waals surface area (Å²) in [6.45, 7) is 9.19. The molecule has 0 aliphatic carbocycles. The number of benzene rings is 2. The van der Waals surface area contributed by atoms with E-state index in [1.165, 1.54) is 0 Å². The summed E-state index contributed by atoms with van der Waals surface area (Å²) in [5.74, 6) is 0.293. The van der Waals surface area contributed by atoms with Crippen LogP contribution in [0.3, 0.4) is 0 Å². The van der Waals surface area contributed by atoms with Gasteiger partial charge in [0.25, 0.3) is 10.1 Å². The number of aliphatic hydroxyl groups excluding tert-OH is 1. The predicted octanol–water partition coefficient (Wildman–Crippen LogP) is 4.94. The van der Waals surface area contributed by atoms with E-state index in [2.05, 4.69) is 29.8 Å². The molecule has 26 heavy (non-hydrogen) atoms. The minimum absolute atomic E-state index is 0.174. The van der Waals surface area contributed by atoms with Gasteiger partial charge in [0.15, 0.2) is 0 Å². The third-order valence-electron chi connectivity index (χ3n) is 4.23. The lowest BCUT2D eigenvalue weighted by molar-refractivity contribution is 0.111. The molecule has 1 N–H and O–H groups in total. The Hall–Kier alpha value is -1.21. The van der Waals surface area contributed by atoms with Crippen LogP contribution in [0.5, 0.6) is 0 Å². The van der Waals surface area contributed by atoms with Crippen LogP contribution in [0.1, 0.15) is 53.7 Å². The molecule has 2 aromatic carbocycles. The van der Waals surface area contributed by atoms with E-state index in [0.29, 0.717) is 22.6 Å². The van der Waals surface area contributed by atoms with Crippen LogP contribution in [-0.4, -0.2) is 20.1 Å². The largest absolute Gasteiger partial charge is 0.386 e. The lowest BCUT2D eigenvalue weighted by atomic mass is 9.99. The molecule has 0 fully saturated rings. The van der Waals surface area contributed by atoms with Crippen molar-refractivity contribution in [2.24, 2.45) is 0 Å². The van der Waals surface area contributed by atoms with E-state index in [-0.39, 0.29) is 11.5 Å². The first kappa shape index (κ1) is 21.1. The van der Waals surface area contributed by atoms with E-state index < -0.39 is 16.2 Å². The Morgan fingerprint density at radius 2 is 1.54 bits per heavy atom. The molecule has 0 saturated heterocycles. The van der Waals surface area contributed by atoms with Crippen molar-refractivity contribution in [3.8, 4) is 0 Å². The highest BCUT2D eigenvalue weighted by Crippen LogP contribution is 2.28. The molecule has 0 amide bonds. The average Bonchev–Trinajstić information content (AvgIpc) is 2.50. The highest BCUT2D eigenvalue weighted by molar-refractivity contribution is 9.10. The van der Waals surface area contributed by atoms with Crippen LogP contribution in [0.4, 0.5) is 0 Å². The molecule has 2 aromatic rings. The van der Waals surface area contributed by atoms with E-state index in [4.69, 9.17) is 4.18 Å². The molecule has 0 aromatic heterocycles. The Bertz CT molecular complexity index is 881. The first-order chi connectivity index (χ1) is 12.0. The molecule has 0 unspecified atom stereocenters. The van der Waals surface area contributed by atoms with Crippen molar-refractivity contribution in [1.29, 1.82) is 0 Å². The van der Waals surface area contributed by atoms with Gasteiger partial charge in [-0.25, -0.2) is 0 Å². The molecule has 0 bridgehead atoms. The summed E-state index contributed by atoms with van der Waals surface area (Å²) in [6.07, 6.45) is -1.04. The van der Waals surface area contributed by atoms with Crippen LogP contribution < -0.4 is 0 Å². The second-order valence-electron chi connectivity index (χ2n) is 6.95. The maximum atomic E-state index is 12.6. The number of hydrogen-bond donors (Lipinski definition) is 1. The summed E-state index contributed by atoms with van der Waals surface area (Å²) in [7, 11) is -3.95. The fraction of sp³-hybridized carbons (Fsp3) is 0.400. The van der Waals surface area contributed by atoms with Crippen molar-refractivity contribution in [1.82, 2.24) is 0 Å². The van der Waals surface area contributed by atoms with Gasteiger partial charge >= 0.3 is 0 Å². The fourth-order valence-electron chi connectivity index (χ4n) is 3.03. The molecular formula is C20H25BrO4S. The Kier molecular flexibility index (Phi) is 6.66. The minimum atomic E-state index is -3.95. The van der Waals surface area contributed by atoms with Gasteiger partial charge < -0.3 is 5.11 Å². The number of rotatable bonds is 6. The molecule has 0 aliphatic heterocycles. The molecule has 4 nitrogen and oxygen atoms in total. The first-order valence-electron chi connectivity index (χ1n) is 8.47. The Morgan fingerprint density at radius 3 is 2.08 bits per heavy atom. The SMILES string of the molecule is Cc1cc(C)c(S(=O)(=O)OC[C@@H](O)c2cc(Br)cc(C(C)C)c2)c(C)c1. The van der Waals surface area contributed by atoms with E-state index in [1.54, 1.807) is 19.9 Å². The number of hydrogen-bond acceptors (Lipinski definition) is 4. The molecule has 0 heterocycles. The second-order valence-corrected chi connectivity index (χ2v) is 9.42. The fourth-order valence-corrected chi connectivity index (χ4v) is 4.89. The predicted molar refractivity (Wildman–Crippen MR) is 107 cm³/mol. The minimum Gasteiger partial charge on any atom is -0.386 e. The molecule has 0 saturated carbocycles. The van der Waals surface area contributed by atoms with Crippen LogP contribution in [0.15, 0.2) is 39.7 Å². The Morgan fingerprint density at radius 1 is 1.00 bits per heavy atom. The third-order valence-corrected chi connectivity index (χ3v) is 6.28. The van der Waals surface area contributed by atoms with Crippen LogP contribution >= 0.6 is 15.9 Å². The van der Waals surface area contributed by atoms with E-state index >= 15 is 0 Å². The lowest BCUT2D eigenvalue weighted by Gasteiger charge is -2.16. The summed E-state index contributed by atoms with van der Waals surface area (Å²) in [5.41, 5.74) is 3.95. The molecular weight excluding hydrogens is 416 g/mol. The van der Waals surface area contributed by atoms with Crippen LogP contribution in [-0.2, 0) is 14.3 Å². The van der Waals surface area contributed by atoms with Crippen LogP contribution in [0.2, 0.25) is 0 Å². The van der Waals surface area contributed by atoms with Crippen molar-refractivity contribution in [3.63, 3.8) is 0 Å². The monoisotopic (exact) mass is 440 g/mol. The summed E-state index contributed by atoms with van der Waals surface area (Å²) < 4.78 is 31.3. The van der Waals surface area contributed by atoms with E-state index in [9.17, 15) is 13.5 Å². The van der Waals surface area contributed by atoms with Crippen LogP contribution in [0, 0.1) is 20.8 Å². The van der Waals surface area contributed by atoms with Crippen molar-refractivity contribution >= 4 is 26.0 Å². The topological polar surface area (TPSA) is 63.6 Å². The zero-order valence-electron chi connectivity index (χ0n) is 15.7. The van der Waals surface area contributed by atoms with Gasteiger partial charge in [0.1, 0.15) is 6.10 Å². The standard InChI is InChI=1S/C20H25BrO4S/c1-12(2)16-8-17(10-18(21)9-16)19(22)11-25-26(23,24)20-14(4)6-13(3)7-15(20)5/h6-10,12,19,22H,11H2,1-5H3/t19-/m1/s1. The van der Waals surface area contributed by atoms with Gasteiger partial charge in [0, 0.05) is 4.47 Å². The first-order valence-corrected chi connectivity index (χ1v) is 10.7. The molecule has 0 aliphatic rings. The van der Waals surface area contributed by atoms with Crippen molar-refractivity contribution in [2.75, 3.05) is 6.61 Å². The summed E-state index contributed by atoms with van der Waals surface area (Å²) in [6, 6.07) is 9.25.